The highest BCUT2D eigenvalue weighted by Gasteiger charge is 2.08. The first-order valence-corrected chi connectivity index (χ1v) is 5.72. The summed E-state index contributed by atoms with van der Waals surface area (Å²) in [5, 5.41) is 0. The molecule has 2 aromatic carbocycles. The van der Waals surface area contributed by atoms with E-state index < -0.39 is 5.82 Å². The maximum Gasteiger partial charge on any atom is 0.188 e. The summed E-state index contributed by atoms with van der Waals surface area (Å²) in [6, 6.07) is 11.7. The second-order valence-electron chi connectivity index (χ2n) is 3.90. The Morgan fingerprint density at radius 2 is 2.00 bits per heavy atom. The number of carbonyl (C=O) groups excluding carboxylic acids is 1. The molecule has 0 aliphatic heterocycles. The van der Waals surface area contributed by atoms with Crippen molar-refractivity contribution in [3.8, 4) is 16.9 Å². The van der Waals surface area contributed by atoms with Gasteiger partial charge in [0.25, 0.3) is 0 Å². The molecule has 0 amide bonds. The second-order valence-corrected chi connectivity index (χ2v) is 3.90. The Labute approximate surface area is 110 Å². The summed E-state index contributed by atoms with van der Waals surface area (Å²) in [6.07, 6.45) is 0.493. The Kier molecular flexibility index (Phi) is 4.26. The normalized spacial score (nSPS) is 10.2. The Balaban J connectivity index is 2.40. The van der Waals surface area contributed by atoms with E-state index in [1.807, 2.05) is 18.2 Å². The predicted octanol–water partition coefficient (Wildman–Crippen LogP) is 3.29. The van der Waals surface area contributed by atoms with Crippen molar-refractivity contribution < 1.29 is 18.7 Å². The molecule has 0 bridgehead atoms. The maximum absolute atomic E-state index is 13.6. The summed E-state index contributed by atoms with van der Waals surface area (Å²) in [4.78, 5) is 10.6. The lowest BCUT2D eigenvalue weighted by molar-refractivity contribution is 0.0515. The topological polar surface area (TPSA) is 35.5 Å². The molecule has 2 aromatic rings. The highest BCUT2D eigenvalue weighted by Crippen LogP contribution is 2.30. The standard InChI is InChI=1S/C15H13FO3/c1-18-10-19-15-5-3-2-4-13(15)11-6-7-12(9-17)14(16)8-11/h2-9H,10H2,1H3. The highest BCUT2D eigenvalue weighted by atomic mass is 19.1. The van der Waals surface area contributed by atoms with Crippen molar-refractivity contribution in [1.82, 2.24) is 0 Å². The average molecular weight is 260 g/mol. The Morgan fingerprint density at radius 1 is 1.21 bits per heavy atom. The smallest absolute Gasteiger partial charge is 0.188 e. The molecule has 0 radical (unpaired) electrons. The summed E-state index contributed by atoms with van der Waals surface area (Å²) < 4.78 is 23.9. The molecule has 0 saturated heterocycles. The molecule has 0 aliphatic carbocycles. The number of hydrogen-bond acceptors (Lipinski definition) is 3. The fourth-order valence-electron chi connectivity index (χ4n) is 1.74. The molecule has 0 spiro atoms. The van der Waals surface area contributed by atoms with E-state index in [0.29, 0.717) is 17.6 Å². The van der Waals surface area contributed by atoms with Crippen LogP contribution in [-0.2, 0) is 4.74 Å². The van der Waals surface area contributed by atoms with Gasteiger partial charge in [0.1, 0.15) is 11.6 Å². The lowest BCUT2D eigenvalue weighted by Crippen LogP contribution is -2.00. The molecule has 0 unspecified atom stereocenters. The number of rotatable bonds is 5. The Hall–Kier alpha value is -2.20. The number of ether oxygens (including phenoxy) is 2. The van der Waals surface area contributed by atoms with Crippen LogP contribution in [0, 0.1) is 5.82 Å². The van der Waals surface area contributed by atoms with Gasteiger partial charge in [-0.05, 0) is 23.8 Å². The molecule has 0 fully saturated rings. The monoisotopic (exact) mass is 260 g/mol. The fourth-order valence-corrected chi connectivity index (χ4v) is 1.74. The van der Waals surface area contributed by atoms with E-state index >= 15 is 0 Å². The van der Waals surface area contributed by atoms with E-state index in [9.17, 15) is 9.18 Å². The lowest BCUT2D eigenvalue weighted by atomic mass is 10.0. The van der Waals surface area contributed by atoms with Crippen molar-refractivity contribution in [2.75, 3.05) is 13.9 Å². The van der Waals surface area contributed by atoms with Crippen LogP contribution in [0.3, 0.4) is 0 Å². The van der Waals surface area contributed by atoms with Gasteiger partial charge < -0.3 is 9.47 Å². The Bertz CT molecular complexity index is 581. The van der Waals surface area contributed by atoms with Crippen LogP contribution < -0.4 is 4.74 Å². The van der Waals surface area contributed by atoms with E-state index in [1.165, 1.54) is 19.2 Å². The van der Waals surface area contributed by atoms with Gasteiger partial charge in [-0.15, -0.1) is 0 Å². The Morgan fingerprint density at radius 3 is 2.68 bits per heavy atom. The van der Waals surface area contributed by atoms with Crippen molar-refractivity contribution in [2.45, 2.75) is 0 Å². The van der Waals surface area contributed by atoms with Crippen molar-refractivity contribution in [3.05, 3.63) is 53.8 Å². The number of aldehydes is 1. The predicted molar refractivity (Wildman–Crippen MR) is 69.7 cm³/mol. The van der Waals surface area contributed by atoms with Gasteiger partial charge in [-0.3, -0.25) is 4.79 Å². The van der Waals surface area contributed by atoms with Crippen molar-refractivity contribution >= 4 is 6.29 Å². The summed E-state index contributed by atoms with van der Waals surface area (Å²) >= 11 is 0. The molecular formula is C15H13FO3. The number of carbonyl (C=O) groups is 1. The third-order valence-corrected chi connectivity index (χ3v) is 2.66. The highest BCUT2D eigenvalue weighted by molar-refractivity contribution is 5.78. The summed E-state index contributed by atoms with van der Waals surface area (Å²) in [5.41, 5.74) is 1.43. The third kappa shape index (κ3) is 2.98. The van der Waals surface area contributed by atoms with Gasteiger partial charge in [0.05, 0.1) is 5.56 Å². The van der Waals surface area contributed by atoms with Gasteiger partial charge >= 0.3 is 0 Å². The molecule has 4 heteroatoms. The molecule has 0 aliphatic rings. The molecular weight excluding hydrogens is 247 g/mol. The van der Waals surface area contributed by atoms with E-state index in [1.54, 1.807) is 12.1 Å². The fraction of sp³-hybridized carbons (Fsp3) is 0.133. The van der Waals surface area contributed by atoms with Crippen LogP contribution in [0.25, 0.3) is 11.1 Å². The van der Waals surface area contributed by atoms with Gasteiger partial charge in [0, 0.05) is 12.7 Å². The van der Waals surface area contributed by atoms with Crippen LogP contribution in [0.5, 0.6) is 5.75 Å². The lowest BCUT2D eigenvalue weighted by Gasteiger charge is -2.11. The molecule has 2 rings (SSSR count). The third-order valence-electron chi connectivity index (χ3n) is 2.66. The molecule has 0 saturated carbocycles. The van der Waals surface area contributed by atoms with Crippen LogP contribution in [-0.4, -0.2) is 20.2 Å². The quantitative estimate of drug-likeness (QED) is 0.611. The van der Waals surface area contributed by atoms with Gasteiger partial charge in [0.2, 0.25) is 0 Å². The zero-order chi connectivity index (χ0) is 13.7. The number of para-hydroxylation sites is 1. The molecule has 0 N–H and O–H groups in total. The first-order valence-electron chi connectivity index (χ1n) is 5.72. The first kappa shape index (κ1) is 13.2. The largest absolute Gasteiger partial charge is 0.467 e. The summed E-state index contributed by atoms with van der Waals surface area (Å²) in [5.74, 6) is 0.0525. The molecule has 0 heterocycles. The van der Waals surface area contributed by atoms with E-state index in [4.69, 9.17) is 9.47 Å². The minimum absolute atomic E-state index is 0.0408. The molecule has 98 valence electrons. The van der Waals surface area contributed by atoms with Gasteiger partial charge in [0.15, 0.2) is 13.1 Å². The minimum atomic E-state index is -0.547. The number of benzene rings is 2. The molecule has 0 atom stereocenters. The van der Waals surface area contributed by atoms with Crippen LogP contribution in [0.15, 0.2) is 42.5 Å². The van der Waals surface area contributed by atoms with Crippen LogP contribution in [0.1, 0.15) is 10.4 Å². The number of hydrogen-bond donors (Lipinski definition) is 0. The molecule has 3 nitrogen and oxygen atoms in total. The van der Waals surface area contributed by atoms with Crippen LogP contribution >= 0.6 is 0 Å². The van der Waals surface area contributed by atoms with Crippen molar-refractivity contribution in [2.24, 2.45) is 0 Å². The maximum atomic E-state index is 13.6. The van der Waals surface area contributed by atoms with E-state index in [0.717, 1.165) is 5.56 Å². The van der Waals surface area contributed by atoms with Gasteiger partial charge in [-0.25, -0.2) is 4.39 Å². The van der Waals surface area contributed by atoms with Crippen molar-refractivity contribution in [1.29, 1.82) is 0 Å². The molecule has 0 aromatic heterocycles. The van der Waals surface area contributed by atoms with Crippen molar-refractivity contribution in [3.63, 3.8) is 0 Å². The zero-order valence-electron chi connectivity index (χ0n) is 10.4. The SMILES string of the molecule is COCOc1ccccc1-c1ccc(C=O)c(F)c1. The van der Waals surface area contributed by atoms with Crippen LogP contribution in [0.4, 0.5) is 4.39 Å². The zero-order valence-corrected chi connectivity index (χ0v) is 10.4. The van der Waals surface area contributed by atoms with Crippen LogP contribution in [0.2, 0.25) is 0 Å². The summed E-state index contributed by atoms with van der Waals surface area (Å²) in [6.45, 7) is 0.117. The number of halogens is 1. The molecule has 19 heavy (non-hydrogen) atoms. The first-order chi connectivity index (χ1) is 9.26. The number of methoxy groups -OCH3 is 1. The van der Waals surface area contributed by atoms with Gasteiger partial charge in [-0.1, -0.05) is 24.3 Å². The van der Waals surface area contributed by atoms with E-state index in [-0.39, 0.29) is 12.4 Å². The van der Waals surface area contributed by atoms with E-state index in [2.05, 4.69) is 0 Å². The second kappa shape index (κ2) is 6.11. The average Bonchev–Trinajstić information content (AvgIpc) is 2.45. The minimum Gasteiger partial charge on any atom is -0.467 e. The summed E-state index contributed by atoms with van der Waals surface area (Å²) in [7, 11) is 1.53. The van der Waals surface area contributed by atoms with Gasteiger partial charge in [-0.2, -0.15) is 0 Å².